The van der Waals surface area contributed by atoms with E-state index in [9.17, 15) is 43.5 Å². The summed E-state index contributed by atoms with van der Waals surface area (Å²) >= 11 is 0. The first-order valence-electron chi connectivity index (χ1n) is 16.9. The molecule has 0 fully saturated rings. The number of carbonyl (C=O) groups excluding carboxylic acids is 6. The fraction of sp³-hybridized carbons (Fsp3) is 0.500. The number of nitrogens with zero attached hydrogens (tertiary/aromatic N) is 1. The van der Waals surface area contributed by atoms with Gasteiger partial charge in [0.1, 0.15) is 23.7 Å². The normalized spacial score (nSPS) is 13.0. The molecular formula is C34H48N8O11. The molecule has 2 rings (SSSR count). The molecule has 290 valence electrons. The molecule has 0 radical (unpaired) electrons. The average molecular weight is 745 g/mol. The van der Waals surface area contributed by atoms with E-state index in [-0.39, 0.29) is 55.9 Å². The maximum atomic E-state index is 13.3. The Hall–Kier alpha value is -6.01. The fourth-order valence-electron chi connectivity index (χ4n) is 5.00. The molecule has 0 aliphatic heterocycles. The van der Waals surface area contributed by atoms with Crippen LogP contribution in [-0.2, 0) is 38.3 Å². The molecule has 1 heterocycles. The summed E-state index contributed by atoms with van der Waals surface area (Å²) in [6.45, 7) is 4.68. The number of guanidine groups is 1. The first kappa shape index (κ1) is 43.2. The zero-order valence-electron chi connectivity index (χ0n) is 30.1. The van der Waals surface area contributed by atoms with Gasteiger partial charge in [0.25, 0.3) is 0 Å². The number of esters is 1. The van der Waals surface area contributed by atoms with Gasteiger partial charge in [-0.2, -0.15) is 0 Å². The lowest BCUT2D eigenvalue weighted by Crippen LogP contribution is -2.56. The van der Waals surface area contributed by atoms with Gasteiger partial charge in [0, 0.05) is 42.6 Å². The van der Waals surface area contributed by atoms with Crippen molar-refractivity contribution in [2.45, 2.75) is 83.8 Å². The monoisotopic (exact) mass is 744 g/mol. The first-order valence-corrected chi connectivity index (χ1v) is 16.9. The molecule has 0 saturated carbocycles. The molecule has 0 aliphatic rings. The standard InChI is InChI=1S/C34H48N8O11/c1-5-18(2)30(42-25(43)11-13-28(47)52-4)33(51)41-23(10-12-27(45)46)31(49)38-17-26(44)40-22(7-6-14-37-34(35)36)32(50)39-20-8-9-21-19(3)15-29(48)53-24(21)16-20/h8-9,15-16,18,22-23,30H,5-7,10-14,17H2,1-4H3,(H,38,49)(H,39,50)(H,40,44)(H,41,51)(H,42,43)(H,45,46)(H4,35,36,37)/t18-,22-,23-,30-/m0/s1. The van der Waals surface area contributed by atoms with Crippen molar-refractivity contribution >= 4 is 64.1 Å². The molecule has 10 N–H and O–H groups in total. The van der Waals surface area contributed by atoms with Gasteiger partial charge in [0.15, 0.2) is 5.96 Å². The Morgan fingerprint density at radius 1 is 0.906 bits per heavy atom. The van der Waals surface area contributed by atoms with E-state index in [0.717, 1.165) is 0 Å². The summed E-state index contributed by atoms with van der Waals surface area (Å²) in [5.74, 6) is -6.16. The quantitative estimate of drug-likeness (QED) is 0.0264. The summed E-state index contributed by atoms with van der Waals surface area (Å²) < 4.78 is 9.77. The van der Waals surface area contributed by atoms with Crippen LogP contribution >= 0.6 is 0 Å². The molecule has 0 bridgehead atoms. The summed E-state index contributed by atoms with van der Waals surface area (Å²) in [6.07, 6.45) is -0.543. The van der Waals surface area contributed by atoms with Gasteiger partial charge in [0.05, 0.1) is 20.1 Å². The van der Waals surface area contributed by atoms with Gasteiger partial charge < -0.3 is 52.3 Å². The summed E-state index contributed by atoms with van der Waals surface area (Å²) in [5.41, 5.74) is 11.4. The molecule has 0 saturated heterocycles. The van der Waals surface area contributed by atoms with Crippen LogP contribution in [0.3, 0.4) is 0 Å². The third-order valence-corrected chi connectivity index (χ3v) is 8.11. The molecule has 19 nitrogen and oxygen atoms in total. The predicted octanol–water partition coefficient (Wildman–Crippen LogP) is -0.472. The Kier molecular flexibility index (Phi) is 17.4. The lowest BCUT2D eigenvalue weighted by Gasteiger charge is -2.26. The molecule has 0 aliphatic carbocycles. The van der Waals surface area contributed by atoms with Crippen LogP contribution in [0.2, 0.25) is 0 Å². The van der Waals surface area contributed by atoms with Crippen molar-refractivity contribution in [1.82, 2.24) is 21.3 Å². The molecule has 1 aromatic heterocycles. The summed E-state index contributed by atoms with van der Waals surface area (Å²) in [7, 11) is 1.17. The van der Waals surface area contributed by atoms with E-state index in [4.69, 9.17) is 15.9 Å². The van der Waals surface area contributed by atoms with E-state index in [2.05, 4.69) is 36.3 Å². The maximum Gasteiger partial charge on any atom is 0.336 e. The summed E-state index contributed by atoms with van der Waals surface area (Å²) in [6, 6.07) is 2.37. The van der Waals surface area contributed by atoms with Crippen molar-refractivity contribution in [2.75, 3.05) is 25.5 Å². The average Bonchev–Trinajstić information content (AvgIpc) is 3.10. The second-order valence-electron chi connectivity index (χ2n) is 12.2. The number of fused-ring (bicyclic) bond motifs is 1. The number of carboxylic acids is 1. The molecule has 0 spiro atoms. The van der Waals surface area contributed by atoms with Gasteiger partial charge in [-0.25, -0.2) is 4.79 Å². The number of carbonyl (C=O) groups is 7. The van der Waals surface area contributed by atoms with Crippen molar-refractivity contribution < 1.29 is 47.8 Å². The SMILES string of the molecule is CC[C@H](C)[C@H](NC(=O)CCC(=O)OC)C(=O)N[C@@H](CCC(=O)O)C(=O)NCC(=O)N[C@@H](CCCN=C(N)N)C(=O)Nc1ccc2c(C)cc(=O)oc2c1. The molecule has 19 heteroatoms. The topological polar surface area (TPSA) is 304 Å². The molecule has 0 unspecified atom stereocenters. The molecule has 4 atom stereocenters. The van der Waals surface area contributed by atoms with E-state index in [1.807, 2.05) is 0 Å². The second-order valence-corrected chi connectivity index (χ2v) is 12.2. The molecule has 5 amide bonds. The number of rotatable bonds is 21. The number of aliphatic carboxylic acids is 1. The number of hydrogen-bond donors (Lipinski definition) is 8. The van der Waals surface area contributed by atoms with Crippen molar-refractivity contribution in [1.29, 1.82) is 0 Å². The number of carboxylic acid groups (broad SMARTS) is 1. The summed E-state index contributed by atoms with van der Waals surface area (Å²) in [4.78, 5) is 104. The third-order valence-electron chi connectivity index (χ3n) is 8.11. The zero-order chi connectivity index (χ0) is 39.7. The highest BCUT2D eigenvalue weighted by Crippen LogP contribution is 2.21. The predicted molar refractivity (Wildman–Crippen MR) is 192 cm³/mol. The number of benzene rings is 1. The van der Waals surface area contributed by atoms with Crippen molar-refractivity contribution in [2.24, 2.45) is 22.4 Å². The van der Waals surface area contributed by atoms with Crippen LogP contribution in [-0.4, -0.2) is 90.9 Å². The Labute approximate surface area is 305 Å². The van der Waals surface area contributed by atoms with Crippen LogP contribution in [0.1, 0.15) is 64.4 Å². The van der Waals surface area contributed by atoms with Crippen LogP contribution < -0.4 is 43.7 Å². The molecule has 2 aromatic rings. The number of methoxy groups -OCH3 is 1. The van der Waals surface area contributed by atoms with Crippen molar-refractivity contribution in [3.63, 3.8) is 0 Å². The number of aliphatic imine (C=N–C) groups is 1. The number of anilines is 1. The molecule has 1 aromatic carbocycles. The summed E-state index contributed by atoms with van der Waals surface area (Å²) in [5, 5.41) is 22.5. The number of hydrogen-bond acceptors (Lipinski definition) is 11. The number of nitrogens with two attached hydrogens (primary N) is 2. The van der Waals surface area contributed by atoms with Crippen molar-refractivity contribution in [3.8, 4) is 0 Å². The Morgan fingerprint density at radius 2 is 1.60 bits per heavy atom. The number of nitrogens with one attached hydrogen (secondary N) is 5. The Balaban J connectivity index is 2.15. The van der Waals surface area contributed by atoms with Gasteiger partial charge in [0.2, 0.25) is 29.5 Å². The number of ether oxygens (including phenoxy) is 1. The lowest BCUT2D eigenvalue weighted by atomic mass is 9.97. The zero-order valence-corrected chi connectivity index (χ0v) is 30.1. The smallest absolute Gasteiger partial charge is 0.336 e. The number of aryl methyl sites for hydroxylation is 1. The van der Waals surface area contributed by atoms with E-state index >= 15 is 0 Å². The minimum absolute atomic E-state index is 0.0731. The highest BCUT2D eigenvalue weighted by atomic mass is 16.5. The Bertz CT molecular complexity index is 1740. The van der Waals surface area contributed by atoms with Crippen LogP contribution in [0.25, 0.3) is 11.0 Å². The molecular weight excluding hydrogens is 696 g/mol. The Morgan fingerprint density at radius 3 is 2.25 bits per heavy atom. The first-order chi connectivity index (χ1) is 25.0. The minimum atomic E-state index is -1.42. The van der Waals surface area contributed by atoms with Gasteiger partial charge in [-0.15, -0.1) is 0 Å². The van der Waals surface area contributed by atoms with Gasteiger partial charge in [-0.1, -0.05) is 20.3 Å². The minimum Gasteiger partial charge on any atom is -0.481 e. The van der Waals surface area contributed by atoms with Gasteiger partial charge >= 0.3 is 17.6 Å². The van der Waals surface area contributed by atoms with Crippen LogP contribution in [0.5, 0.6) is 0 Å². The van der Waals surface area contributed by atoms with E-state index < -0.39 is 84.1 Å². The number of amides is 5. The van der Waals surface area contributed by atoms with Crippen LogP contribution in [0.15, 0.2) is 38.5 Å². The van der Waals surface area contributed by atoms with Gasteiger partial charge in [-0.3, -0.25) is 38.6 Å². The lowest BCUT2D eigenvalue weighted by molar-refractivity contribution is -0.142. The van der Waals surface area contributed by atoms with E-state index in [0.29, 0.717) is 17.4 Å². The van der Waals surface area contributed by atoms with Gasteiger partial charge in [-0.05, 0) is 49.8 Å². The van der Waals surface area contributed by atoms with Crippen molar-refractivity contribution in [3.05, 3.63) is 40.2 Å². The van der Waals surface area contributed by atoms with E-state index in [1.165, 1.54) is 19.2 Å². The van der Waals surface area contributed by atoms with Crippen LogP contribution in [0, 0.1) is 12.8 Å². The van der Waals surface area contributed by atoms with Crippen LogP contribution in [0.4, 0.5) is 5.69 Å². The second kappa shape index (κ2) is 21.4. The third kappa shape index (κ3) is 15.0. The maximum absolute atomic E-state index is 13.3. The van der Waals surface area contributed by atoms with E-state index in [1.54, 1.807) is 32.9 Å². The highest BCUT2D eigenvalue weighted by molar-refractivity contribution is 5.99. The largest absolute Gasteiger partial charge is 0.481 e. The highest BCUT2D eigenvalue weighted by Gasteiger charge is 2.31. The molecule has 53 heavy (non-hydrogen) atoms. The fourth-order valence-corrected chi connectivity index (χ4v) is 5.00.